The number of anilines is 2. The number of rotatable bonds is 4. The van der Waals surface area contributed by atoms with E-state index in [0.29, 0.717) is 17.0 Å². The van der Waals surface area contributed by atoms with Crippen LogP contribution in [0.25, 0.3) is 10.8 Å². The maximum atomic E-state index is 13.0. The highest BCUT2D eigenvalue weighted by Crippen LogP contribution is 2.26. The van der Waals surface area contributed by atoms with E-state index in [1.165, 1.54) is 4.68 Å². The molecule has 6 nitrogen and oxygen atoms in total. The van der Waals surface area contributed by atoms with E-state index in [1.54, 1.807) is 12.1 Å². The lowest BCUT2D eigenvalue weighted by Gasteiger charge is -2.32. The first kappa shape index (κ1) is 19.6. The Morgan fingerprint density at radius 1 is 1.14 bits per heavy atom. The maximum Gasteiger partial charge on any atom is 0.275 e. The summed E-state index contributed by atoms with van der Waals surface area (Å²) >= 11 is 3.39. The van der Waals surface area contributed by atoms with Crippen molar-refractivity contribution in [1.82, 2.24) is 9.78 Å². The van der Waals surface area contributed by atoms with Crippen LogP contribution in [0.5, 0.6) is 0 Å². The summed E-state index contributed by atoms with van der Waals surface area (Å²) in [4.78, 5) is 27.8. The van der Waals surface area contributed by atoms with Crippen LogP contribution in [0.15, 0.2) is 57.8 Å². The van der Waals surface area contributed by atoms with Gasteiger partial charge in [-0.2, -0.15) is 5.10 Å². The van der Waals surface area contributed by atoms with Crippen LogP contribution in [0.4, 0.5) is 11.5 Å². The number of halogens is 1. The predicted octanol–water partition coefficient (Wildman–Crippen LogP) is 4.03. The molecule has 1 fully saturated rings. The Bertz CT molecular complexity index is 1100. The van der Waals surface area contributed by atoms with Crippen LogP contribution in [0, 0.1) is 5.92 Å². The van der Waals surface area contributed by atoms with Gasteiger partial charge < -0.3 is 10.2 Å². The molecular formula is C22H23BrN4O2. The topological polar surface area (TPSA) is 67.2 Å². The monoisotopic (exact) mass is 454 g/mol. The largest absolute Gasteiger partial charge is 0.355 e. The van der Waals surface area contributed by atoms with Crippen molar-refractivity contribution in [3.63, 3.8) is 0 Å². The summed E-state index contributed by atoms with van der Waals surface area (Å²) < 4.78 is 2.15. The molecule has 0 unspecified atom stereocenters. The van der Waals surface area contributed by atoms with Crippen molar-refractivity contribution in [2.24, 2.45) is 5.92 Å². The van der Waals surface area contributed by atoms with Gasteiger partial charge in [-0.25, -0.2) is 4.68 Å². The summed E-state index contributed by atoms with van der Waals surface area (Å²) in [6, 6.07) is 14.9. The molecule has 0 saturated carbocycles. The number of carbonyl (C=O) groups excluding carboxylic acids is 1. The Morgan fingerprint density at radius 3 is 2.59 bits per heavy atom. The fourth-order valence-electron chi connectivity index (χ4n) is 3.68. The van der Waals surface area contributed by atoms with Crippen LogP contribution >= 0.6 is 15.9 Å². The molecule has 1 aliphatic heterocycles. The average Bonchev–Trinajstić information content (AvgIpc) is 2.71. The molecule has 4 rings (SSSR count). The van der Waals surface area contributed by atoms with Crippen molar-refractivity contribution < 1.29 is 4.79 Å². The first-order valence-corrected chi connectivity index (χ1v) is 10.6. The molecule has 7 heteroatoms. The standard InChI is InChI=1S/C22H23BrN4O2/c1-15-9-11-26(12-10-15)21-18-7-2-3-8-19(18)22(29)27(25-21)14-20(28)24-17-6-4-5-16(23)13-17/h2-8,13,15H,9-12,14H2,1H3,(H,24,28). The van der Waals surface area contributed by atoms with E-state index in [2.05, 4.69) is 38.2 Å². The summed E-state index contributed by atoms with van der Waals surface area (Å²) in [5.74, 6) is 1.19. The number of aromatic nitrogens is 2. The molecule has 0 spiro atoms. The molecule has 1 N–H and O–H groups in total. The predicted molar refractivity (Wildman–Crippen MR) is 119 cm³/mol. The van der Waals surface area contributed by atoms with E-state index in [9.17, 15) is 9.59 Å². The van der Waals surface area contributed by atoms with Gasteiger partial charge in [0.1, 0.15) is 6.54 Å². The Labute approximate surface area is 177 Å². The lowest BCUT2D eigenvalue weighted by molar-refractivity contribution is -0.117. The van der Waals surface area contributed by atoms with E-state index in [-0.39, 0.29) is 18.0 Å². The van der Waals surface area contributed by atoms with Gasteiger partial charge in [-0.05, 0) is 43.0 Å². The van der Waals surface area contributed by atoms with Crippen LogP contribution in [0.3, 0.4) is 0 Å². The summed E-state index contributed by atoms with van der Waals surface area (Å²) in [6.07, 6.45) is 2.19. The quantitative estimate of drug-likeness (QED) is 0.645. The molecule has 0 aliphatic carbocycles. The zero-order valence-electron chi connectivity index (χ0n) is 16.3. The fraction of sp³-hybridized carbons (Fsp3) is 0.318. The van der Waals surface area contributed by atoms with E-state index >= 15 is 0 Å². The number of nitrogens with zero attached hydrogens (tertiary/aromatic N) is 3. The second-order valence-electron chi connectivity index (χ2n) is 7.56. The SMILES string of the molecule is CC1CCN(c2nn(CC(=O)Nc3cccc(Br)c3)c(=O)c3ccccc23)CC1. The number of piperidine rings is 1. The lowest BCUT2D eigenvalue weighted by Crippen LogP contribution is -2.37. The zero-order valence-corrected chi connectivity index (χ0v) is 17.9. The first-order chi connectivity index (χ1) is 14.0. The Balaban J connectivity index is 1.66. The van der Waals surface area contributed by atoms with Gasteiger partial charge in [-0.15, -0.1) is 0 Å². The molecule has 0 atom stereocenters. The maximum absolute atomic E-state index is 13.0. The van der Waals surface area contributed by atoms with Crippen molar-refractivity contribution in [3.05, 3.63) is 63.4 Å². The van der Waals surface area contributed by atoms with Crippen LogP contribution in [-0.4, -0.2) is 28.8 Å². The van der Waals surface area contributed by atoms with Gasteiger partial charge in [0, 0.05) is 28.6 Å². The normalized spacial score (nSPS) is 14.9. The van der Waals surface area contributed by atoms with Gasteiger partial charge in [0.25, 0.3) is 5.56 Å². The average molecular weight is 455 g/mol. The molecule has 2 aromatic carbocycles. The van der Waals surface area contributed by atoms with Gasteiger partial charge in [0.15, 0.2) is 5.82 Å². The van der Waals surface area contributed by atoms with Crippen molar-refractivity contribution in [1.29, 1.82) is 0 Å². The van der Waals surface area contributed by atoms with Crippen molar-refractivity contribution in [2.75, 3.05) is 23.3 Å². The third-order valence-corrected chi connectivity index (χ3v) is 5.83. The van der Waals surface area contributed by atoms with Crippen molar-refractivity contribution in [2.45, 2.75) is 26.3 Å². The number of benzene rings is 2. The third-order valence-electron chi connectivity index (χ3n) is 5.33. The molecule has 0 bridgehead atoms. The van der Waals surface area contributed by atoms with E-state index in [4.69, 9.17) is 0 Å². The lowest BCUT2D eigenvalue weighted by atomic mass is 9.99. The minimum Gasteiger partial charge on any atom is -0.355 e. The Kier molecular flexibility index (Phi) is 5.67. The van der Waals surface area contributed by atoms with E-state index in [1.807, 2.05) is 36.4 Å². The fourth-order valence-corrected chi connectivity index (χ4v) is 4.08. The molecule has 1 aromatic heterocycles. The third kappa shape index (κ3) is 4.34. The van der Waals surface area contributed by atoms with E-state index < -0.39 is 0 Å². The second kappa shape index (κ2) is 8.37. The molecular weight excluding hydrogens is 432 g/mol. The molecule has 1 saturated heterocycles. The van der Waals surface area contributed by atoms with E-state index in [0.717, 1.165) is 41.6 Å². The Morgan fingerprint density at radius 2 is 1.86 bits per heavy atom. The van der Waals surface area contributed by atoms with Gasteiger partial charge >= 0.3 is 0 Å². The molecule has 1 aliphatic rings. The highest BCUT2D eigenvalue weighted by molar-refractivity contribution is 9.10. The minimum atomic E-state index is -0.286. The van der Waals surface area contributed by atoms with Gasteiger partial charge in [0.2, 0.25) is 5.91 Å². The minimum absolute atomic E-state index is 0.132. The number of nitrogens with one attached hydrogen (secondary N) is 1. The molecule has 1 amide bonds. The zero-order chi connectivity index (χ0) is 20.4. The van der Waals surface area contributed by atoms with Crippen molar-refractivity contribution in [3.8, 4) is 0 Å². The molecule has 3 aromatic rings. The van der Waals surface area contributed by atoms with Crippen LogP contribution < -0.4 is 15.8 Å². The summed E-state index contributed by atoms with van der Waals surface area (Å²) in [7, 11) is 0. The first-order valence-electron chi connectivity index (χ1n) is 9.81. The molecule has 29 heavy (non-hydrogen) atoms. The van der Waals surface area contributed by atoms with Gasteiger partial charge in [-0.3, -0.25) is 9.59 Å². The number of amides is 1. The molecule has 2 heterocycles. The molecule has 0 radical (unpaired) electrons. The van der Waals surface area contributed by atoms with Crippen LogP contribution in [0.2, 0.25) is 0 Å². The number of fused-ring (bicyclic) bond motifs is 1. The Hall–Kier alpha value is -2.67. The molecule has 150 valence electrons. The summed E-state index contributed by atoms with van der Waals surface area (Å²) in [5, 5.41) is 8.87. The summed E-state index contributed by atoms with van der Waals surface area (Å²) in [5.41, 5.74) is 0.419. The van der Waals surface area contributed by atoms with Crippen LogP contribution in [0.1, 0.15) is 19.8 Å². The number of hydrogen-bond donors (Lipinski definition) is 1. The van der Waals surface area contributed by atoms with Crippen LogP contribution in [-0.2, 0) is 11.3 Å². The highest BCUT2D eigenvalue weighted by Gasteiger charge is 2.21. The second-order valence-corrected chi connectivity index (χ2v) is 8.48. The van der Waals surface area contributed by atoms with Crippen molar-refractivity contribution >= 4 is 44.1 Å². The van der Waals surface area contributed by atoms with Gasteiger partial charge in [-0.1, -0.05) is 47.1 Å². The number of carbonyl (C=O) groups is 1. The number of hydrogen-bond acceptors (Lipinski definition) is 4. The van der Waals surface area contributed by atoms with Gasteiger partial charge in [0.05, 0.1) is 5.39 Å². The smallest absolute Gasteiger partial charge is 0.275 e. The summed E-state index contributed by atoms with van der Waals surface area (Å²) in [6.45, 7) is 3.94. The highest BCUT2D eigenvalue weighted by atomic mass is 79.9.